The van der Waals surface area contributed by atoms with Gasteiger partial charge in [0.2, 0.25) is 0 Å². The van der Waals surface area contributed by atoms with E-state index in [0.717, 1.165) is 23.5 Å². The third-order valence-electron chi connectivity index (χ3n) is 3.51. The number of nitrogens with one attached hydrogen (secondary N) is 1. The molecule has 0 amide bonds. The SMILES string of the molecule is CC(=O)c1ccc(S(=O)(=O)Nc2nc(-c3ccc(F)c(F)c3)cs2)cc1. The van der Waals surface area contributed by atoms with Crippen LogP contribution in [0.2, 0.25) is 0 Å². The zero-order chi connectivity index (χ0) is 18.9. The number of hydrogen-bond acceptors (Lipinski definition) is 5. The van der Waals surface area contributed by atoms with Crippen LogP contribution in [0.5, 0.6) is 0 Å². The number of benzene rings is 2. The summed E-state index contributed by atoms with van der Waals surface area (Å²) in [4.78, 5) is 15.3. The van der Waals surface area contributed by atoms with Gasteiger partial charge in [-0.15, -0.1) is 11.3 Å². The molecule has 9 heteroatoms. The summed E-state index contributed by atoms with van der Waals surface area (Å²) in [7, 11) is -3.89. The van der Waals surface area contributed by atoms with Crippen LogP contribution in [0.15, 0.2) is 52.7 Å². The van der Waals surface area contributed by atoms with Crippen LogP contribution >= 0.6 is 11.3 Å². The molecule has 0 bridgehead atoms. The van der Waals surface area contributed by atoms with Gasteiger partial charge in [-0.2, -0.15) is 0 Å². The molecule has 0 saturated carbocycles. The third-order valence-corrected chi connectivity index (χ3v) is 5.75. The molecular weight excluding hydrogens is 382 g/mol. The van der Waals surface area contributed by atoms with Gasteiger partial charge in [0.1, 0.15) is 0 Å². The summed E-state index contributed by atoms with van der Waals surface area (Å²) in [5.41, 5.74) is 1.05. The Morgan fingerprint density at radius 3 is 2.38 bits per heavy atom. The molecule has 0 unspecified atom stereocenters. The van der Waals surface area contributed by atoms with Crippen molar-refractivity contribution in [3.63, 3.8) is 0 Å². The van der Waals surface area contributed by atoms with Gasteiger partial charge in [0.25, 0.3) is 10.0 Å². The molecule has 1 N–H and O–H groups in total. The van der Waals surface area contributed by atoms with Crippen LogP contribution in [0.1, 0.15) is 17.3 Å². The molecule has 1 heterocycles. The number of carbonyl (C=O) groups excluding carboxylic acids is 1. The predicted octanol–water partition coefficient (Wildman–Crippen LogP) is 4.09. The number of rotatable bonds is 5. The van der Waals surface area contributed by atoms with E-state index >= 15 is 0 Å². The summed E-state index contributed by atoms with van der Waals surface area (Å²) in [6.07, 6.45) is 0. The number of aromatic nitrogens is 1. The summed E-state index contributed by atoms with van der Waals surface area (Å²) in [5, 5.41) is 1.61. The number of sulfonamides is 1. The molecule has 2 aromatic carbocycles. The lowest BCUT2D eigenvalue weighted by molar-refractivity contribution is 0.101. The van der Waals surface area contributed by atoms with Crippen molar-refractivity contribution >= 4 is 32.3 Å². The van der Waals surface area contributed by atoms with Crippen molar-refractivity contribution in [2.45, 2.75) is 11.8 Å². The number of anilines is 1. The summed E-state index contributed by atoms with van der Waals surface area (Å²) >= 11 is 1.01. The number of nitrogens with zero attached hydrogens (tertiary/aromatic N) is 1. The van der Waals surface area contributed by atoms with E-state index in [0.29, 0.717) is 16.8 Å². The molecule has 0 aliphatic carbocycles. The zero-order valence-electron chi connectivity index (χ0n) is 13.4. The first-order valence-corrected chi connectivity index (χ1v) is 9.67. The van der Waals surface area contributed by atoms with E-state index in [4.69, 9.17) is 0 Å². The second-order valence-corrected chi connectivity index (χ2v) is 7.89. The fraction of sp³-hybridized carbons (Fsp3) is 0.0588. The summed E-state index contributed by atoms with van der Waals surface area (Å²) in [5.74, 6) is -2.15. The number of ketones is 1. The fourth-order valence-corrected chi connectivity index (χ4v) is 4.12. The number of halogens is 2. The van der Waals surface area contributed by atoms with Crippen LogP contribution in [0.4, 0.5) is 13.9 Å². The first-order valence-electron chi connectivity index (χ1n) is 7.31. The topological polar surface area (TPSA) is 76.1 Å². The molecule has 0 atom stereocenters. The standard InChI is InChI=1S/C17H12F2N2O3S2/c1-10(22)11-2-5-13(6-3-11)26(23,24)21-17-20-16(9-25-17)12-4-7-14(18)15(19)8-12/h2-9H,1H3,(H,20,21). The highest BCUT2D eigenvalue weighted by Crippen LogP contribution is 2.27. The Bertz CT molecular complexity index is 1080. The lowest BCUT2D eigenvalue weighted by Gasteiger charge is -2.05. The van der Waals surface area contributed by atoms with Crippen LogP contribution in [0.3, 0.4) is 0 Å². The minimum atomic E-state index is -3.89. The molecular formula is C17H12F2N2O3S2. The monoisotopic (exact) mass is 394 g/mol. The normalized spacial score (nSPS) is 11.3. The van der Waals surface area contributed by atoms with Gasteiger partial charge in [0.05, 0.1) is 10.6 Å². The van der Waals surface area contributed by atoms with E-state index in [1.54, 1.807) is 0 Å². The van der Waals surface area contributed by atoms with E-state index in [1.165, 1.54) is 42.6 Å². The number of hydrogen-bond donors (Lipinski definition) is 1. The molecule has 26 heavy (non-hydrogen) atoms. The van der Waals surface area contributed by atoms with Gasteiger partial charge in [0, 0.05) is 16.5 Å². The van der Waals surface area contributed by atoms with Gasteiger partial charge in [-0.3, -0.25) is 9.52 Å². The zero-order valence-corrected chi connectivity index (χ0v) is 15.0. The van der Waals surface area contributed by atoms with E-state index < -0.39 is 21.7 Å². The molecule has 5 nitrogen and oxygen atoms in total. The van der Waals surface area contributed by atoms with Crippen LogP contribution in [0.25, 0.3) is 11.3 Å². The molecule has 0 aliphatic heterocycles. The highest BCUT2D eigenvalue weighted by molar-refractivity contribution is 7.93. The highest BCUT2D eigenvalue weighted by Gasteiger charge is 2.17. The van der Waals surface area contributed by atoms with Crippen molar-refractivity contribution < 1.29 is 22.0 Å². The molecule has 134 valence electrons. The van der Waals surface area contributed by atoms with Crippen LogP contribution in [0, 0.1) is 11.6 Å². The number of thiazole rings is 1. The van der Waals surface area contributed by atoms with E-state index in [9.17, 15) is 22.0 Å². The average molecular weight is 394 g/mol. The fourth-order valence-electron chi connectivity index (χ4n) is 2.15. The summed E-state index contributed by atoms with van der Waals surface area (Å²) in [6, 6.07) is 8.81. The lowest BCUT2D eigenvalue weighted by Crippen LogP contribution is -2.13. The van der Waals surface area contributed by atoms with E-state index in [1.807, 2.05) is 0 Å². The van der Waals surface area contributed by atoms with Crippen LogP contribution in [-0.2, 0) is 10.0 Å². The Morgan fingerprint density at radius 1 is 1.08 bits per heavy atom. The van der Waals surface area contributed by atoms with Gasteiger partial charge in [-0.25, -0.2) is 22.2 Å². The first kappa shape index (κ1) is 18.2. The molecule has 3 rings (SSSR count). The van der Waals surface area contributed by atoms with E-state index in [2.05, 4.69) is 9.71 Å². The largest absolute Gasteiger partial charge is 0.295 e. The Labute approximate surface area is 152 Å². The van der Waals surface area contributed by atoms with Crippen molar-refractivity contribution in [2.24, 2.45) is 0 Å². The Morgan fingerprint density at radius 2 is 1.77 bits per heavy atom. The van der Waals surface area contributed by atoms with Gasteiger partial charge in [-0.1, -0.05) is 12.1 Å². The van der Waals surface area contributed by atoms with Crippen molar-refractivity contribution in [3.8, 4) is 11.3 Å². The maximum atomic E-state index is 13.3. The van der Waals surface area contributed by atoms with Crippen molar-refractivity contribution in [3.05, 3.63) is 65.0 Å². The minimum Gasteiger partial charge on any atom is -0.295 e. The van der Waals surface area contributed by atoms with Gasteiger partial charge in [0.15, 0.2) is 22.5 Å². The minimum absolute atomic E-state index is 0.0212. The highest BCUT2D eigenvalue weighted by atomic mass is 32.2. The quantitative estimate of drug-likeness (QED) is 0.662. The molecule has 0 fully saturated rings. The maximum absolute atomic E-state index is 13.3. The Kier molecular flexibility index (Phi) is 4.84. The molecule has 0 radical (unpaired) electrons. The van der Waals surface area contributed by atoms with Crippen molar-refractivity contribution in [2.75, 3.05) is 4.72 Å². The predicted molar refractivity (Wildman–Crippen MR) is 94.7 cm³/mol. The lowest BCUT2D eigenvalue weighted by atomic mass is 10.2. The van der Waals surface area contributed by atoms with Gasteiger partial charge in [-0.05, 0) is 37.3 Å². The molecule has 0 aliphatic rings. The average Bonchev–Trinajstić information content (AvgIpc) is 3.05. The molecule has 1 aromatic heterocycles. The van der Waals surface area contributed by atoms with E-state index in [-0.39, 0.29) is 15.8 Å². The Balaban J connectivity index is 1.83. The molecule has 0 saturated heterocycles. The van der Waals surface area contributed by atoms with Crippen molar-refractivity contribution in [1.29, 1.82) is 0 Å². The van der Waals surface area contributed by atoms with Crippen LogP contribution < -0.4 is 4.72 Å². The van der Waals surface area contributed by atoms with Gasteiger partial charge >= 0.3 is 0 Å². The second-order valence-electron chi connectivity index (χ2n) is 5.35. The van der Waals surface area contributed by atoms with Crippen LogP contribution in [-0.4, -0.2) is 19.2 Å². The third kappa shape index (κ3) is 3.78. The second kappa shape index (κ2) is 6.93. The van der Waals surface area contributed by atoms with Gasteiger partial charge < -0.3 is 0 Å². The smallest absolute Gasteiger partial charge is 0.263 e. The molecule has 3 aromatic rings. The number of carbonyl (C=O) groups is 1. The number of Topliss-reactive ketones (excluding diaryl/α,β-unsaturated/α-hetero) is 1. The Hall–Kier alpha value is -2.65. The summed E-state index contributed by atoms with van der Waals surface area (Å²) in [6.45, 7) is 1.39. The summed E-state index contributed by atoms with van der Waals surface area (Å²) < 4.78 is 53.4. The maximum Gasteiger partial charge on any atom is 0.263 e. The molecule has 0 spiro atoms. The first-order chi connectivity index (χ1) is 12.3. The van der Waals surface area contributed by atoms with Crippen molar-refractivity contribution in [1.82, 2.24) is 4.98 Å².